The summed E-state index contributed by atoms with van der Waals surface area (Å²) in [5, 5.41) is 11.9. The van der Waals surface area contributed by atoms with Crippen LogP contribution in [0, 0.1) is 5.41 Å². The second-order valence-electron chi connectivity index (χ2n) is 5.84. The number of nitrogens with zero attached hydrogens (tertiary/aromatic N) is 1. The number of nitrogens with one attached hydrogen (secondary N) is 1. The number of carbonyl (C=O) groups excluding carboxylic acids is 1. The second-order valence-corrected chi connectivity index (χ2v) is 6.99. The molecule has 0 bridgehead atoms. The van der Waals surface area contributed by atoms with E-state index in [1.165, 1.54) is 19.3 Å². The smallest absolute Gasteiger partial charge is 0.317 e. The van der Waals surface area contributed by atoms with Crippen LogP contribution in [0.3, 0.4) is 0 Å². The van der Waals surface area contributed by atoms with Crippen LogP contribution in [0.4, 0.5) is 4.79 Å². The molecule has 2 fully saturated rings. The molecule has 1 aliphatic carbocycles. The van der Waals surface area contributed by atoms with Gasteiger partial charge in [0.05, 0.1) is 12.5 Å². The molecular formula is C13H22N2O3S. The summed E-state index contributed by atoms with van der Waals surface area (Å²) in [7, 11) is 0. The molecule has 1 aliphatic heterocycles. The minimum atomic E-state index is -0.837. The van der Waals surface area contributed by atoms with Crippen LogP contribution in [-0.4, -0.2) is 52.6 Å². The molecular weight excluding hydrogens is 264 g/mol. The predicted molar refractivity (Wildman–Crippen MR) is 75.4 cm³/mol. The first kappa shape index (κ1) is 14.5. The molecule has 0 aromatic rings. The maximum atomic E-state index is 12.2. The Balaban J connectivity index is 1.85. The average Bonchev–Trinajstić information content (AvgIpc) is 2.33. The highest BCUT2D eigenvalue weighted by molar-refractivity contribution is 7.99. The third-order valence-corrected chi connectivity index (χ3v) is 5.22. The van der Waals surface area contributed by atoms with Crippen molar-refractivity contribution in [1.29, 1.82) is 0 Å². The quantitative estimate of drug-likeness (QED) is 0.826. The van der Waals surface area contributed by atoms with E-state index in [1.807, 2.05) is 0 Å². The fourth-order valence-corrected chi connectivity index (χ4v) is 3.70. The van der Waals surface area contributed by atoms with E-state index in [0.717, 1.165) is 11.5 Å². The molecule has 1 saturated carbocycles. The minimum absolute atomic E-state index is 0.0394. The number of carbonyl (C=O) groups is 2. The summed E-state index contributed by atoms with van der Waals surface area (Å²) in [5.74, 6) is 0.772. The molecule has 19 heavy (non-hydrogen) atoms. The van der Waals surface area contributed by atoms with Gasteiger partial charge in [0.15, 0.2) is 0 Å². The van der Waals surface area contributed by atoms with Crippen LogP contribution < -0.4 is 5.32 Å². The number of thioether (sulfide) groups is 1. The van der Waals surface area contributed by atoms with Gasteiger partial charge in [-0.1, -0.05) is 13.3 Å². The Morgan fingerprint density at radius 2 is 2.21 bits per heavy atom. The van der Waals surface area contributed by atoms with Crippen LogP contribution in [0.25, 0.3) is 0 Å². The number of rotatable bonds is 4. The lowest BCUT2D eigenvalue weighted by atomic mass is 9.70. The number of carboxylic acid groups (broad SMARTS) is 1. The molecule has 1 saturated heterocycles. The largest absolute Gasteiger partial charge is 0.481 e. The molecule has 1 unspecified atom stereocenters. The van der Waals surface area contributed by atoms with Crippen LogP contribution in [0.5, 0.6) is 0 Å². The molecule has 108 valence electrons. The Labute approximate surface area is 118 Å². The maximum absolute atomic E-state index is 12.2. The first-order chi connectivity index (χ1) is 9.00. The predicted octanol–water partition coefficient (Wildman–Crippen LogP) is 1.78. The summed E-state index contributed by atoms with van der Waals surface area (Å²) in [6.07, 6.45) is 3.62. The van der Waals surface area contributed by atoms with Crippen LogP contribution in [0.2, 0.25) is 0 Å². The van der Waals surface area contributed by atoms with Crippen LogP contribution in [0.1, 0.15) is 32.6 Å². The highest BCUT2D eigenvalue weighted by Crippen LogP contribution is 2.39. The summed E-state index contributed by atoms with van der Waals surface area (Å²) in [6, 6.07) is -0.273. The molecule has 0 spiro atoms. The van der Waals surface area contributed by atoms with Crippen molar-refractivity contribution in [2.45, 2.75) is 38.6 Å². The first-order valence-corrected chi connectivity index (χ1v) is 8.00. The molecule has 6 heteroatoms. The first-order valence-electron chi connectivity index (χ1n) is 6.84. The number of hydrogen-bond donors (Lipinski definition) is 2. The van der Waals surface area contributed by atoms with E-state index in [4.69, 9.17) is 5.11 Å². The van der Waals surface area contributed by atoms with Gasteiger partial charge in [-0.3, -0.25) is 4.79 Å². The SMILES string of the molecule is CC1(CNC(=O)N2CCSCC2CC(=O)O)CCC1. The third-order valence-electron chi connectivity index (χ3n) is 4.13. The number of aliphatic carboxylic acids is 1. The van der Waals surface area contributed by atoms with Crippen molar-refractivity contribution in [3.63, 3.8) is 0 Å². The highest BCUT2D eigenvalue weighted by atomic mass is 32.2. The zero-order valence-corrected chi connectivity index (χ0v) is 12.2. The molecule has 1 heterocycles. The van der Waals surface area contributed by atoms with Gasteiger partial charge < -0.3 is 15.3 Å². The van der Waals surface area contributed by atoms with Crippen molar-refractivity contribution < 1.29 is 14.7 Å². The van der Waals surface area contributed by atoms with Crippen molar-refractivity contribution >= 4 is 23.8 Å². The van der Waals surface area contributed by atoms with Gasteiger partial charge in [0, 0.05) is 24.6 Å². The van der Waals surface area contributed by atoms with Gasteiger partial charge in [-0.15, -0.1) is 0 Å². The van der Waals surface area contributed by atoms with E-state index in [-0.39, 0.29) is 23.9 Å². The number of amides is 2. The molecule has 0 aromatic heterocycles. The zero-order chi connectivity index (χ0) is 13.9. The summed E-state index contributed by atoms with van der Waals surface area (Å²) in [4.78, 5) is 24.7. The molecule has 2 N–H and O–H groups in total. The topological polar surface area (TPSA) is 69.6 Å². The van der Waals surface area contributed by atoms with Gasteiger partial charge in [0.25, 0.3) is 0 Å². The molecule has 1 atom stereocenters. The van der Waals surface area contributed by atoms with Gasteiger partial charge in [-0.25, -0.2) is 4.79 Å². The summed E-state index contributed by atoms with van der Waals surface area (Å²) in [6.45, 7) is 3.54. The minimum Gasteiger partial charge on any atom is -0.481 e. The zero-order valence-electron chi connectivity index (χ0n) is 11.4. The van der Waals surface area contributed by atoms with Crippen LogP contribution in [0.15, 0.2) is 0 Å². The van der Waals surface area contributed by atoms with Gasteiger partial charge >= 0.3 is 12.0 Å². The Bertz CT molecular complexity index is 358. The summed E-state index contributed by atoms with van der Waals surface area (Å²) in [5.41, 5.74) is 0.252. The summed E-state index contributed by atoms with van der Waals surface area (Å²) >= 11 is 1.72. The van der Waals surface area contributed by atoms with Crippen molar-refractivity contribution in [3.05, 3.63) is 0 Å². The van der Waals surface area contributed by atoms with Crippen molar-refractivity contribution in [2.24, 2.45) is 5.41 Å². The Hall–Kier alpha value is -0.910. The number of carboxylic acids is 1. The Kier molecular flexibility index (Phi) is 4.60. The van der Waals surface area contributed by atoms with E-state index in [1.54, 1.807) is 16.7 Å². The fourth-order valence-electron chi connectivity index (χ4n) is 2.64. The van der Waals surface area contributed by atoms with Gasteiger partial charge in [0.1, 0.15) is 0 Å². The lowest BCUT2D eigenvalue weighted by molar-refractivity contribution is -0.138. The average molecular weight is 286 g/mol. The van der Waals surface area contributed by atoms with E-state index >= 15 is 0 Å². The Morgan fingerprint density at radius 3 is 2.79 bits per heavy atom. The van der Waals surface area contributed by atoms with Crippen LogP contribution in [-0.2, 0) is 4.79 Å². The monoisotopic (exact) mass is 286 g/mol. The molecule has 0 radical (unpaired) electrons. The molecule has 2 aliphatic rings. The third kappa shape index (κ3) is 3.78. The van der Waals surface area contributed by atoms with Crippen molar-refractivity contribution in [3.8, 4) is 0 Å². The fraction of sp³-hybridized carbons (Fsp3) is 0.846. The normalized spacial score (nSPS) is 25.5. The van der Waals surface area contributed by atoms with E-state index < -0.39 is 5.97 Å². The number of hydrogen-bond acceptors (Lipinski definition) is 3. The van der Waals surface area contributed by atoms with Gasteiger partial charge in [-0.05, 0) is 18.3 Å². The number of urea groups is 1. The lowest BCUT2D eigenvalue weighted by Gasteiger charge is -2.40. The van der Waals surface area contributed by atoms with E-state index in [9.17, 15) is 9.59 Å². The van der Waals surface area contributed by atoms with Gasteiger partial charge in [0.2, 0.25) is 0 Å². The molecule has 2 amide bonds. The summed E-state index contributed by atoms with van der Waals surface area (Å²) < 4.78 is 0. The lowest BCUT2D eigenvalue weighted by Crippen LogP contribution is -2.53. The Morgan fingerprint density at radius 1 is 1.47 bits per heavy atom. The molecule has 5 nitrogen and oxygen atoms in total. The van der Waals surface area contributed by atoms with E-state index in [2.05, 4.69) is 12.2 Å². The van der Waals surface area contributed by atoms with Crippen molar-refractivity contribution in [1.82, 2.24) is 10.2 Å². The molecule has 2 rings (SSSR count). The highest BCUT2D eigenvalue weighted by Gasteiger charge is 2.34. The van der Waals surface area contributed by atoms with Crippen LogP contribution >= 0.6 is 11.8 Å². The second kappa shape index (κ2) is 6.03. The maximum Gasteiger partial charge on any atom is 0.317 e. The van der Waals surface area contributed by atoms with Crippen molar-refractivity contribution in [2.75, 3.05) is 24.6 Å². The van der Waals surface area contributed by atoms with Gasteiger partial charge in [-0.2, -0.15) is 11.8 Å². The standard InChI is InChI=1S/C13H22N2O3S/c1-13(3-2-4-13)9-14-12(18)15-5-6-19-8-10(15)7-11(16)17/h10H,2-9H2,1H3,(H,14,18)(H,16,17). The molecule has 0 aromatic carbocycles. The van der Waals surface area contributed by atoms with E-state index in [0.29, 0.717) is 13.1 Å².